The molecule has 1 atom stereocenters. The molecule has 0 spiro atoms. The molecule has 1 aliphatic rings. The summed E-state index contributed by atoms with van der Waals surface area (Å²) in [6, 6.07) is 0.464. The molecule has 0 radical (unpaired) electrons. The summed E-state index contributed by atoms with van der Waals surface area (Å²) >= 11 is 0. The van der Waals surface area contributed by atoms with Crippen molar-refractivity contribution >= 4 is 0 Å². The lowest BCUT2D eigenvalue weighted by Crippen LogP contribution is -2.55. The highest BCUT2D eigenvalue weighted by Gasteiger charge is 2.39. The van der Waals surface area contributed by atoms with Gasteiger partial charge in [0.25, 0.3) is 0 Å². The Morgan fingerprint density at radius 1 is 1.27 bits per heavy atom. The zero-order valence-corrected chi connectivity index (χ0v) is 10.3. The highest BCUT2D eigenvalue weighted by molar-refractivity contribution is 4.94. The molecule has 0 aromatic carbocycles. The maximum Gasteiger partial charge on any atom is 0.0878 e. The van der Waals surface area contributed by atoms with E-state index in [4.69, 9.17) is 9.47 Å². The van der Waals surface area contributed by atoms with Crippen LogP contribution in [0.4, 0.5) is 0 Å². The average molecular weight is 215 g/mol. The van der Waals surface area contributed by atoms with E-state index in [9.17, 15) is 0 Å². The molecule has 1 N–H and O–H groups in total. The van der Waals surface area contributed by atoms with E-state index < -0.39 is 0 Å². The number of ether oxygens (including phenoxy) is 2. The molecule has 90 valence electrons. The molecule has 0 aromatic rings. The molecule has 1 rings (SSSR count). The first-order valence-corrected chi connectivity index (χ1v) is 6.24. The summed E-state index contributed by atoms with van der Waals surface area (Å²) < 4.78 is 11.5. The van der Waals surface area contributed by atoms with Gasteiger partial charge in [-0.2, -0.15) is 0 Å². The second kappa shape index (κ2) is 6.46. The molecular weight excluding hydrogens is 190 g/mol. The molecule has 0 aliphatic carbocycles. The molecule has 0 aromatic heterocycles. The molecule has 0 saturated carbocycles. The minimum absolute atomic E-state index is 0.0117. The van der Waals surface area contributed by atoms with E-state index in [1.807, 2.05) is 0 Å². The topological polar surface area (TPSA) is 30.5 Å². The van der Waals surface area contributed by atoms with Crippen molar-refractivity contribution in [1.29, 1.82) is 0 Å². The predicted octanol–water partition coefficient (Wildman–Crippen LogP) is 1.96. The van der Waals surface area contributed by atoms with Crippen molar-refractivity contribution in [1.82, 2.24) is 5.32 Å². The van der Waals surface area contributed by atoms with Gasteiger partial charge in [-0.05, 0) is 19.9 Å². The Balaban J connectivity index is 2.67. The van der Waals surface area contributed by atoms with Crippen LogP contribution in [-0.2, 0) is 9.47 Å². The van der Waals surface area contributed by atoms with Crippen LogP contribution in [0.5, 0.6) is 0 Å². The molecule has 1 unspecified atom stereocenters. The maximum absolute atomic E-state index is 6.03. The Kier molecular flexibility index (Phi) is 5.58. The lowest BCUT2D eigenvalue weighted by Gasteiger charge is -2.43. The van der Waals surface area contributed by atoms with Gasteiger partial charge >= 0.3 is 0 Å². The van der Waals surface area contributed by atoms with Crippen molar-refractivity contribution in [3.63, 3.8) is 0 Å². The predicted molar refractivity (Wildman–Crippen MR) is 62.2 cm³/mol. The third kappa shape index (κ3) is 3.16. The number of nitrogens with one attached hydrogen (secondary N) is 1. The molecule has 15 heavy (non-hydrogen) atoms. The maximum atomic E-state index is 6.03. The molecule has 3 nitrogen and oxygen atoms in total. The van der Waals surface area contributed by atoms with Gasteiger partial charge in [-0.25, -0.2) is 0 Å². The van der Waals surface area contributed by atoms with Crippen LogP contribution in [0.2, 0.25) is 0 Å². The summed E-state index contributed by atoms with van der Waals surface area (Å²) in [4.78, 5) is 0. The Bertz CT molecular complexity index is 161. The number of hydrogen-bond donors (Lipinski definition) is 1. The van der Waals surface area contributed by atoms with E-state index in [1.54, 1.807) is 0 Å². The minimum atomic E-state index is 0.0117. The van der Waals surface area contributed by atoms with Crippen molar-refractivity contribution in [2.45, 2.75) is 51.7 Å². The highest BCUT2D eigenvalue weighted by atomic mass is 16.5. The molecule has 1 fully saturated rings. The van der Waals surface area contributed by atoms with Gasteiger partial charge in [0.15, 0.2) is 0 Å². The average Bonchev–Trinajstić information content (AvgIpc) is 2.27. The Labute approximate surface area is 93.5 Å². The third-order valence-corrected chi connectivity index (χ3v) is 3.26. The summed E-state index contributed by atoms with van der Waals surface area (Å²) in [7, 11) is 0. The van der Waals surface area contributed by atoms with Crippen LogP contribution in [0.3, 0.4) is 0 Å². The molecule has 0 amide bonds. The van der Waals surface area contributed by atoms with Gasteiger partial charge in [0, 0.05) is 38.7 Å². The zero-order valence-electron chi connectivity index (χ0n) is 10.3. The quantitative estimate of drug-likeness (QED) is 0.734. The van der Waals surface area contributed by atoms with Gasteiger partial charge in [-0.1, -0.05) is 13.8 Å². The zero-order chi connectivity index (χ0) is 11.1. The summed E-state index contributed by atoms with van der Waals surface area (Å²) in [5, 5.41) is 3.55. The van der Waals surface area contributed by atoms with Crippen molar-refractivity contribution in [3.8, 4) is 0 Å². The van der Waals surface area contributed by atoms with Crippen molar-refractivity contribution in [2.24, 2.45) is 0 Å². The SMILES string of the molecule is CCNC(CC)C1(OCC)CCOCC1. The van der Waals surface area contributed by atoms with E-state index >= 15 is 0 Å². The largest absolute Gasteiger partial charge is 0.381 e. The molecular formula is C12H25NO2. The fraction of sp³-hybridized carbons (Fsp3) is 1.00. The fourth-order valence-corrected chi connectivity index (χ4v) is 2.55. The lowest BCUT2D eigenvalue weighted by molar-refractivity contribution is -0.127. The van der Waals surface area contributed by atoms with Gasteiger partial charge in [0.1, 0.15) is 0 Å². The summed E-state index contributed by atoms with van der Waals surface area (Å²) in [6.45, 7) is 9.93. The Morgan fingerprint density at radius 2 is 1.93 bits per heavy atom. The monoisotopic (exact) mass is 215 g/mol. The summed E-state index contributed by atoms with van der Waals surface area (Å²) in [5.74, 6) is 0. The fourth-order valence-electron chi connectivity index (χ4n) is 2.55. The second-order valence-electron chi connectivity index (χ2n) is 4.13. The van der Waals surface area contributed by atoms with Gasteiger partial charge in [-0.3, -0.25) is 0 Å². The van der Waals surface area contributed by atoms with Gasteiger partial charge in [0.2, 0.25) is 0 Å². The van der Waals surface area contributed by atoms with E-state index in [0.717, 1.165) is 45.6 Å². The molecule has 1 heterocycles. The van der Waals surface area contributed by atoms with Crippen LogP contribution in [0.1, 0.15) is 40.0 Å². The lowest BCUT2D eigenvalue weighted by atomic mass is 9.84. The van der Waals surface area contributed by atoms with Crippen LogP contribution in [0, 0.1) is 0 Å². The second-order valence-corrected chi connectivity index (χ2v) is 4.13. The number of likely N-dealkylation sites (N-methyl/N-ethyl adjacent to an activating group) is 1. The van der Waals surface area contributed by atoms with Crippen molar-refractivity contribution in [2.75, 3.05) is 26.4 Å². The molecule has 1 saturated heterocycles. The van der Waals surface area contributed by atoms with Gasteiger partial charge in [-0.15, -0.1) is 0 Å². The van der Waals surface area contributed by atoms with E-state index in [1.165, 1.54) is 0 Å². The van der Waals surface area contributed by atoms with Crippen LogP contribution in [0.25, 0.3) is 0 Å². The van der Waals surface area contributed by atoms with Gasteiger partial charge < -0.3 is 14.8 Å². The molecule has 0 bridgehead atoms. The van der Waals surface area contributed by atoms with E-state index in [0.29, 0.717) is 6.04 Å². The summed E-state index contributed by atoms with van der Waals surface area (Å²) in [5.41, 5.74) is 0.0117. The first kappa shape index (κ1) is 12.9. The highest BCUT2D eigenvalue weighted by Crippen LogP contribution is 2.30. The number of rotatable bonds is 6. The molecule has 3 heteroatoms. The van der Waals surface area contributed by atoms with Crippen LogP contribution < -0.4 is 5.32 Å². The number of hydrogen-bond acceptors (Lipinski definition) is 3. The van der Waals surface area contributed by atoms with Crippen LogP contribution in [-0.4, -0.2) is 38.0 Å². The van der Waals surface area contributed by atoms with Gasteiger partial charge in [0.05, 0.1) is 5.60 Å². The first-order chi connectivity index (χ1) is 7.29. The molecule has 1 aliphatic heterocycles. The van der Waals surface area contributed by atoms with Crippen LogP contribution >= 0.6 is 0 Å². The van der Waals surface area contributed by atoms with E-state index in [2.05, 4.69) is 26.1 Å². The first-order valence-electron chi connectivity index (χ1n) is 6.24. The minimum Gasteiger partial charge on any atom is -0.381 e. The third-order valence-electron chi connectivity index (χ3n) is 3.26. The van der Waals surface area contributed by atoms with Crippen molar-refractivity contribution < 1.29 is 9.47 Å². The van der Waals surface area contributed by atoms with Crippen molar-refractivity contribution in [3.05, 3.63) is 0 Å². The Hall–Kier alpha value is -0.120. The smallest absolute Gasteiger partial charge is 0.0878 e. The summed E-state index contributed by atoms with van der Waals surface area (Å²) in [6.07, 6.45) is 3.16. The standard InChI is InChI=1S/C12H25NO2/c1-4-11(13-5-2)12(15-6-3)7-9-14-10-8-12/h11,13H,4-10H2,1-3H3. The normalized spacial score (nSPS) is 22.6. The Morgan fingerprint density at radius 3 is 2.40 bits per heavy atom. The van der Waals surface area contributed by atoms with Crippen LogP contribution in [0.15, 0.2) is 0 Å². The van der Waals surface area contributed by atoms with E-state index in [-0.39, 0.29) is 5.60 Å².